The van der Waals surface area contributed by atoms with Crippen molar-refractivity contribution in [3.63, 3.8) is 0 Å². The van der Waals surface area contributed by atoms with Crippen LogP contribution in [0.1, 0.15) is 42.6 Å². The number of unbranched alkanes of at least 4 members (excludes halogenated alkanes) is 1. The molecule has 1 heterocycles. The molecule has 1 aromatic rings. The number of hydrogen-bond donors (Lipinski definition) is 1. The fourth-order valence-electron chi connectivity index (χ4n) is 1.46. The van der Waals surface area contributed by atoms with Gasteiger partial charge in [0.05, 0.1) is 6.04 Å². The molecule has 3 nitrogen and oxygen atoms in total. The maximum absolute atomic E-state index is 5.01. The minimum atomic E-state index is 0.368. The quantitative estimate of drug-likeness (QED) is 0.712. The van der Waals surface area contributed by atoms with E-state index in [1.54, 1.807) is 7.11 Å². The predicted octanol–water partition coefficient (Wildman–Crippen LogP) is 2.78. The molecule has 0 aliphatic heterocycles. The highest BCUT2D eigenvalue weighted by Gasteiger charge is 2.08. The van der Waals surface area contributed by atoms with Crippen molar-refractivity contribution in [3.05, 3.63) is 16.1 Å². The summed E-state index contributed by atoms with van der Waals surface area (Å²) in [5.74, 6) is 0. The van der Waals surface area contributed by atoms with Gasteiger partial charge in [-0.3, -0.25) is 0 Å². The fraction of sp³-hybridized carbons (Fsp3) is 0.750. The van der Waals surface area contributed by atoms with Crippen molar-refractivity contribution in [3.8, 4) is 0 Å². The van der Waals surface area contributed by atoms with Gasteiger partial charge in [-0.25, -0.2) is 4.98 Å². The molecule has 0 amide bonds. The van der Waals surface area contributed by atoms with Gasteiger partial charge in [0, 0.05) is 24.8 Å². The first-order chi connectivity index (χ1) is 7.77. The molecule has 1 N–H and O–H groups in total. The van der Waals surface area contributed by atoms with Crippen molar-refractivity contribution in [2.45, 2.75) is 39.2 Å². The molecule has 1 unspecified atom stereocenters. The minimum Gasteiger partial charge on any atom is -0.385 e. The third-order valence-corrected chi connectivity index (χ3v) is 3.84. The van der Waals surface area contributed by atoms with E-state index in [1.165, 1.54) is 9.88 Å². The number of thiazole rings is 1. The summed E-state index contributed by atoms with van der Waals surface area (Å²) in [5, 5.41) is 4.69. The van der Waals surface area contributed by atoms with E-state index < -0.39 is 0 Å². The minimum absolute atomic E-state index is 0.368. The maximum atomic E-state index is 5.01. The zero-order valence-electron chi connectivity index (χ0n) is 10.5. The number of hydrogen-bond acceptors (Lipinski definition) is 4. The smallest absolute Gasteiger partial charge is 0.109 e. The van der Waals surface area contributed by atoms with Crippen molar-refractivity contribution in [1.82, 2.24) is 10.3 Å². The van der Waals surface area contributed by atoms with E-state index in [0.29, 0.717) is 6.04 Å². The average molecular weight is 242 g/mol. The van der Waals surface area contributed by atoms with E-state index in [-0.39, 0.29) is 0 Å². The Morgan fingerprint density at radius 3 is 2.94 bits per heavy atom. The molecule has 0 aliphatic carbocycles. The molecule has 0 aliphatic rings. The van der Waals surface area contributed by atoms with Gasteiger partial charge in [-0.1, -0.05) is 6.92 Å². The lowest BCUT2D eigenvalue weighted by molar-refractivity contribution is 0.192. The van der Waals surface area contributed by atoms with Crippen LogP contribution in [0, 0.1) is 0 Å². The monoisotopic (exact) mass is 242 g/mol. The number of nitrogens with zero attached hydrogens (tertiary/aromatic N) is 1. The van der Waals surface area contributed by atoms with Crippen molar-refractivity contribution >= 4 is 11.3 Å². The third-order valence-electron chi connectivity index (χ3n) is 2.52. The Labute approximate surface area is 102 Å². The fourth-order valence-corrected chi connectivity index (χ4v) is 2.35. The van der Waals surface area contributed by atoms with Gasteiger partial charge in [0.25, 0.3) is 0 Å². The molecule has 0 bridgehead atoms. The summed E-state index contributed by atoms with van der Waals surface area (Å²) in [4.78, 5) is 5.80. The second kappa shape index (κ2) is 7.76. The number of ether oxygens (including phenoxy) is 1. The Hall–Kier alpha value is -0.450. The van der Waals surface area contributed by atoms with Crippen LogP contribution in [0.3, 0.4) is 0 Å². The highest BCUT2D eigenvalue weighted by molar-refractivity contribution is 7.11. The maximum Gasteiger partial charge on any atom is 0.109 e. The van der Waals surface area contributed by atoms with Crippen molar-refractivity contribution in [2.24, 2.45) is 0 Å². The van der Waals surface area contributed by atoms with Gasteiger partial charge in [0.2, 0.25) is 0 Å². The van der Waals surface area contributed by atoms with Crippen molar-refractivity contribution in [1.29, 1.82) is 0 Å². The summed E-state index contributed by atoms with van der Waals surface area (Å²) >= 11 is 1.81. The van der Waals surface area contributed by atoms with E-state index in [2.05, 4.69) is 24.1 Å². The van der Waals surface area contributed by atoms with Crippen molar-refractivity contribution < 1.29 is 4.74 Å². The zero-order valence-corrected chi connectivity index (χ0v) is 11.3. The summed E-state index contributed by atoms with van der Waals surface area (Å²) in [6.07, 6.45) is 5.35. The lowest BCUT2D eigenvalue weighted by Gasteiger charge is -2.10. The SMILES string of the molecule is CCc1cnc(C(C)NCCCCOC)s1. The Balaban J connectivity index is 2.21. The Kier molecular flexibility index (Phi) is 6.61. The second-order valence-corrected chi connectivity index (χ2v) is 5.04. The molecule has 0 saturated carbocycles. The first-order valence-electron chi connectivity index (χ1n) is 5.94. The Bertz CT molecular complexity index is 288. The molecule has 16 heavy (non-hydrogen) atoms. The molecule has 0 aromatic carbocycles. The lowest BCUT2D eigenvalue weighted by Crippen LogP contribution is -2.19. The number of rotatable bonds is 8. The van der Waals surface area contributed by atoms with E-state index in [9.17, 15) is 0 Å². The van der Waals surface area contributed by atoms with Gasteiger partial charge in [-0.2, -0.15) is 0 Å². The summed E-state index contributed by atoms with van der Waals surface area (Å²) in [6.45, 7) is 6.23. The molecule has 0 radical (unpaired) electrons. The van der Waals surface area contributed by atoms with Gasteiger partial charge in [0.15, 0.2) is 0 Å². The molecule has 92 valence electrons. The summed E-state index contributed by atoms with van der Waals surface area (Å²) in [7, 11) is 1.75. The van der Waals surface area contributed by atoms with Crippen LogP contribution in [0.5, 0.6) is 0 Å². The average Bonchev–Trinajstić information content (AvgIpc) is 2.77. The molecule has 1 aromatic heterocycles. The molecule has 1 atom stereocenters. The number of nitrogens with one attached hydrogen (secondary N) is 1. The van der Waals surface area contributed by atoms with Gasteiger partial charge in [0.1, 0.15) is 5.01 Å². The molecule has 0 spiro atoms. The number of aryl methyl sites for hydroxylation is 1. The summed E-state index contributed by atoms with van der Waals surface area (Å²) in [6, 6.07) is 0.368. The van der Waals surface area contributed by atoms with Gasteiger partial charge >= 0.3 is 0 Å². The van der Waals surface area contributed by atoms with Crippen LogP contribution in [0.15, 0.2) is 6.20 Å². The highest BCUT2D eigenvalue weighted by Crippen LogP contribution is 2.19. The molecular formula is C12H22N2OS. The number of methoxy groups -OCH3 is 1. The van der Waals surface area contributed by atoms with Crippen LogP contribution in [-0.4, -0.2) is 25.2 Å². The lowest BCUT2D eigenvalue weighted by atomic mass is 10.3. The van der Waals surface area contributed by atoms with Crippen LogP contribution >= 0.6 is 11.3 Å². The van der Waals surface area contributed by atoms with E-state index >= 15 is 0 Å². The van der Waals surface area contributed by atoms with Gasteiger partial charge < -0.3 is 10.1 Å². The van der Waals surface area contributed by atoms with Crippen molar-refractivity contribution in [2.75, 3.05) is 20.3 Å². The third kappa shape index (κ3) is 4.60. The Morgan fingerprint density at radius 2 is 2.31 bits per heavy atom. The second-order valence-electron chi connectivity index (χ2n) is 3.89. The van der Waals surface area contributed by atoms with E-state index in [0.717, 1.165) is 32.4 Å². The molecule has 4 heteroatoms. The van der Waals surface area contributed by atoms with Crippen LogP contribution < -0.4 is 5.32 Å². The Morgan fingerprint density at radius 1 is 1.50 bits per heavy atom. The number of aromatic nitrogens is 1. The molecular weight excluding hydrogens is 220 g/mol. The first kappa shape index (κ1) is 13.6. The molecule has 1 rings (SSSR count). The van der Waals surface area contributed by atoms with Crippen LogP contribution in [-0.2, 0) is 11.2 Å². The van der Waals surface area contributed by atoms with Gasteiger partial charge in [-0.15, -0.1) is 11.3 Å². The largest absolute Gasteiger partial charge is 0.385 e. The van der Waals surface area contributed by atoms with E-state index in [4.69, 9.17) is 4.74 Å². The highest BCUT2D eigenvalue weighted by atomic mass is 32.1. The first-order valence-corrected chi connectivity index (χ1v) is 6.76. The standard InChI is InChI=1S/C12H22N2OS/c1-4-11-9-14-12(16-11)10(2)13-7-5-6-8-15-3/h9-10,13H,4-8H2,1-3H3. The molecule has 0 fully saturated rings. The summed E-state index contributed by atoms with van der Waals surface area (Å²) in [5.41, 5.74) is 0. The van der Waals surface area contributed by atoms with Crippen LogP contribution in [0.2, 0.25) is 0 Å². The summed E-state index contributed by atoms with van der Waals surface area (Å²) < 4.78 is 5.01. The van der Waals surface area contributed by atoms with Gasteiger partial charge in [-0.05, 0) is 32.7 Å². The predicted molar refractivity (Wildman–Crippen MR) is 69.0 cm³/mol. The normalized spacial score (nSPS) is 12.9. The topological polar surface area (TPSA) is 34.2 Å². The van der Waals surface area contributed by atoms with Crippen LogP contribution in [0.4, 0.5) is 0 Å². The molecule has 0 saturated heterocycles. The van der Waals surface area contributed by atoms with E-state index in [1.807, 2.05) is 17.5 Å². The zero-order chi connectivity index (χ0) is 11.8. The van der Waals surface area contributed by atoms with Crippen LogP contribution in [0.25, 0.3) is 0 Å².